The van der Waals surface area contributed by atoms with Crippen LogP contribution in [0.2, 0.25) is 5.04 Å². The molecular weight excluding hydrogens is 578 g/mol. The maximum absolute atomic E-state index is 13.9. The number of benzene rings is 2. The van der Waals surface area contributed by atoms with E-state index in [9.17, 15) is 4.79 Å². The Kier molecular flexibility index (Phi) is 13.0. The van der Waals surface area contributed by atoms with E-state index in [1.165, 1.54) is 38.8 Å². The fourth-order valence-electron chi connectivity index (χ4n) is 5.17. The van der Waals surface area contributed by atoms with Crippen molar-refractivity contribution in [2.24, 2.45) is 5.92 Å². The normalized spacial score (nSPS) is 12.6. The van der Waals surface area contributed by atoms with E-state index in [0.29, 0.717) is 13.0 Å². The molecule has 0 N–H and O–H groups in total. The van der Waals surface area contributed by atoms with Gasteiger partial charge in [-0.1, -0.05) is 101 Å². The van der Waals surface area contributed by atoms with Gasteiger partial charge in [0.15, 0.2) is 25.1 Å². The fraction of sp³-hybridized carbons (Fsp3) is 0.412. The average Bonchev–Trinajstić information content (AvgIpc) is 3.03. The highest BCUT2D eigenvalue weighted by atomic mass is 28.4. The number of allylic oxidation sites excluding steroid dienone is 1. The van der Waals surface area contributed by atoms with Crippen LogP contribution in [0.4, 0.5) is 0 Å². The number of ether oxygens (including phenoxy) is 6. The standard InChI is InChI=1S/C34H45NO8Si/c1-25(29(36)28-30(41-23-37-5)31(39-7)33(40-8)35-32(28)42-24-38-6)17-15-16-22-43-44(34(2,3)4,26-18-11-9-12-19-26)27-20-13-10-14-21-27/h9-16,18-21,25H,17,22-24H2,1-8H3/b16-15+/t25-/m0/s1. The summed E-state index contributed by atoms with van der Waals surface area (Å²) in [6.45, 7) is 8.72. The Labute approximate surface area is 262 Å². The number of carbonyl (C=O) groups excluding carboxylic acids is 1. The first-order valence-electron chi connectivity index (χ1n) is 14.5. The number of hydrogen-bond donors (Lipinski definition) is 0. The van der Waals surface area contributed by atoms with Gasteiger partial charge in [0.2, 0.25) is 11.6 Å². The topological polar surface area (TPSA) is 94.6 Å². The summed E-state index contributed by atoms with van der Waals surface area (Å²) in [5.41, 5.74) is 0.126. The summed E-state index contributed by atoms with van der Waals surface area (Å²) >= 11 is 0. The average molecular weight is 624 g/mol. The van der Waals surface area contributed by atoms with Crippen LogP contribution in [0.3, 0.4) is 0 Å². The first kappa shape index (κ1) is 34.8. The summed E-state index contributed by atoms with van der Waals surface area (Å²) in [4.78, 5) is 18.2. The van der Waals surface area contributed by atoms with Gasteiger partial charge >= 0.3 is 0 Å². The van der Waals surface area contributed by atoms with Crippen molar-refractivity contribution in [2.45, 2.75) is 39.2 Å². The van der Waals surface area contributed by atoms with Crippen molar-refractivity contribution in [3.05, 3.63) is 78.4 Å². The minimum absolute atomic E-state index is 0.0199. The van der Waals surface area contributed by atoms with Crippen molar-refractivity contribution in [2.75, 3.05) is 48.6 Å². The van der Waals surface area contributed by atoms with Crippen LogP contribution in [-0.2, 0) is 13.9 Å². The van der Waals surface area contributed by atoms with Gasteiger partial charge < -0.3 is 32.8 Å². The highest BCUT2D eigenvalue weighted by molar-refractivity contribution is 6.99. The molecule has 0 fully saturated rings. The van der Waals surface area contributed by atoms with Gasteiger partial charge in [0, 0.05) is 20.1 Å². The van der Waals surface area contributed by atoms with E-state index in [1.807, 2.05) is 31.2 Å². The SMILES string of the molecule is COCOc1nc(OC)c(OC)c(OCOC)c1C(=O)[C@@H](C)C/C=C/CO[Si](c1ccccc1)(c1ccccc1)C(C)(C)C. The number of aromatic nitrogens is 1. The molecule has 0 aliphatic carbocycles. The van der Waals surface area contributed by atoms with Gasteiger partial charge in [0.25, 0.3) is 14.2 Å². The first-order chi connectivity index (χ1) is 21.2. The zero-order valence-corrected chi connectivity index (χ0v) is 28.0. The number of rotatable bonds is 17. The zero-order valence-electron chi connectivity index (χ0n) is 27.0. The number of Topliss-reactive ketones (excluding diaryl/α,β-unsaturated/α-hetero) is 1. The first-order valence-corrected chi connectivity index (χ1v) is 16.4. The summed E-state index contributed by atoms with van der Waals surface area (Å²) in [5, 5.41) is 2.29. The number of nitrogens with zero attached hydrogens (tertiary/aromatic N) is 1. The molecule has 10 heteroatoms. The van der Waals surface area contributed by atoms with Crippen LogP contribution in [-0.4, -0.2) is 67.7 Å². The predicted octanol–water partition coefficient (Wildman–Crippen LogP) is 5.41. The van der Waals surface area contributed by atoms with Crippen molar-refractivity contribution in [1.82, 2.24) is 4.98 Å². The summed E-state index contributed by atoms with van der Waals surface area (Å²) < 4.78 is 39.4. The van der Waals surface area contributed by atoms with Crippen molar-refractivity contribution in [1.29, 1.82) is 0 Å². The summed E-state index contributed by atoms with van der Waals surface area (Å²) in [5.74, 6) is -0.273. The quantitative estimate of drug-likeness (QED) is 0.0847. The molecule has 0 bridgehead atoms. The molecule has 0 radical (unpaired) electrons. The van der Waals surface area contributed by atoms with Crippen molar-refractivity contribution in [3.8, 4) is 23.3 Å². The lowest BCUT2D eigenvalue weighted by atomic mass is 9.96. The lowest BCUT2D eigenvalue weighted by molar-refractivity contribution is 0.0398. The van der Waals surface area contributed by atoms with Gasteiger partial charge in [-0.3, -0.25) is 4.79 Å². The lowest BCUT2D eigenvalue weighted by Gasteiger charge is -2.42. The van der Waals surface area contributed by atoms with E-state index in [0.717, 1.165) is 0 Å². The zero-order chi connectivity index (χ0) is 32.2. The predicted molar refractivity (Wildman–Crippen MR) is 173 cm³/mol. The van der Waals surface area contributed by atoms with Crippen LogP contribution < -0.4 is 29.3 Å². The second-order valence-corrected chi connectivity index (χ2v) is 15.5. The molecule has 1 heterocycles. The molecule has 0 saturated heterocycles. The number of ketones is 1. The molecule has 0 unspecified atom stereocenters. The Bertz CT molecular complexity index is 1320. The van der Waals surface area contributed by atoms with Crippen LogP contribution in [0, 0.1) is 5.92 Å². The molecule has 0 saturated carbocycles. The molecule has 0 aliphatic heterocycles. The molecule has 2 aromatic carbocycles. The molecule has 0 aliphatic rings. The second-order valence-electron chi connectivity index (χ2n) is 11.2. The third-order valence-corrected chi connectivity index (χ3v) is 12.2. The minimum Gasteiger partial charge on any atom is -0.489 e. The van der Waals surface area contributed by atoms with Crippen molar-refractivity contribution in [3.63, 3.8) is 0 Å². The Balaban J connectivity index is 1.88. The summed E-state index contributed by atoms with van der Waals surface area (Å²) in [7, 11) is 3.18. The van der Waals surface area contributed by atoms with Crippen molar-refractivity contribution >= 4 is 24.5 Å². The molecule has 1 aromatic heterocycles. The molecule has 238 valence electrons. The Morgan fingerprint density at radius 1 is 0.795 bits per heavy atom. The van der Waals surface area contributed by atoms with E-state index in [2.05, 4.69) is 74.3 Å². The van der Waals surface area contributed by atoms with Crippen LogP contribution in [0.1, 0.15) is 44.5 Å². The van der Waals surface area contributed by atoms with E-state index in [1.54, 1.807) is 0 Å². The molecule has 1 atom stereocenters. The van der Waals surface area contributed by atoms with Crippen LogP contribution in [0.5, 0.6) is 23.3 Å². The molecule has 9 nitrogen and oxygen atoms in total. The molecule has 0 spiro atoms. The van der Waals surface area contributed by atoms with E-state index in [4.69, 9.17) is 32.8 Å². The van der Waals surface area contributed by atoms with E-state index < -0.39 is 14.2 Å². The van der Waals surface area contributed by atoms with Crippen molar-refractivity contribution < 1.29 is 37.6 Å². The number of hydrogen-bond acceptors (Lipinski definition) is 9. The lowest BCUT2D eigenvalue weighted by Crippen LogP contribution is -2.66. The Morgan fingerprint density at radius 2 is 1.36 bits per heavy atom. The third-order valence-electron chi connectivity index (χ3n) is 7.24. The molecular formula is C34H45NO8Si. The van der Waals surface area contributed by atoms with Gasteiger partial charge in [0.05, 0.1) is 20.8 Å². The summed E-state index contributed by atoms with van der Waals surface area (Å²) in [6.07, 6.45) is 4.41. The number of carbonyl (C=O) groups is 1. The van der Waals surface area contributed by atoms with Gasteiger partial charge in [-0.2, -0.15) is 4.98 Å². The number of pyridine rings is 1. The smallest absolute Gasteiger partial charge is 0.264 e. The second kappa shape index (κ2) is 16.4. The number of methoxy groups -OCH3 is 4. The van der Waals surface area contributed by atoms with Crippen LogP contribution >= 0.6 is 0 Å². The Morgan fingerprint density at radius 3 is 1.86 bits per heavy atom. The molecule has 44 heavy (non-hydrogen) atoms. The molecule has 0 amide bonds. The molecule has 3 aromatic rings. The van der Waals surface area contributed by atoms with Gasteiger partial charge in [-0.25, -0.2) is 0 Å². The van der Waals surface area contributed by atoms with Gasteiger partial charge in [0.1, 0.15) is 5.56 Å². The maximum atomic E-state index is 13.9. The van der Waals surface area contributed by atoms with E-state index >= 15 is 0 Å². The highest BCUT2D eigenvalue weighted by Crippen LogP contribution is 2.44. The van der Waals surface area contributed by atoms with Crippen LogP contribution in [0.15, 0.2) is 72.8 Å². The van der Waals surface area contributed by atoms with Crippen LogP contribution in [0.25, 0.3) is 0 Å². The monoisotopic (exact) mass is 623 g/mol. The highest BCUT2D eigenvalue weighted by Gasteiger charge is 2.49. The van der Waals surface area contributed by atoms with Gasteiger partial charge in [-0.05, 0) is 21.8 Å². The summed E-state index contributed by atoms with van der Waals surface area (Å²) in [6, 6.07) is 21.0. The fourth-order valence-corrected chi connectivity index (χ4v) is 9.68. The maximum Gasteiger partial charge on any atom is 0.264 e. The van der Waals surface area contributed by atoms with E-state index in [-0.39, 0.29) is 53.2 Å². The minimum atomic E-state index is -2.67. The van der Waals surface area contributed by atoms with Gasteiger partial charge in [-0.15, -0.1) is 0 Å². The third kappa shape index (κ3) is 7.87. The molecule has 3 rings (SSSR count). The largest absolute Gasteiger partial charge is 0.489 e. The Hall–Kier alpha value is -3.70.